The van der Waals surface area contributed by atoms with Gasteiger partial charge >= 0.3 is 5.97 Å². The molecule has 0 aliphatic carbocycles. The summed E-state index contributed by atoms with van der Waals surface area (Å²) in [6.07, 6.45) is 2.65. The van der Waals surface area contributed by atoms with E-state index >= 15 is 0 Å². The van der Waals surface area contributed by atoms with Gasteiger partial charge in [0.25, 0.3) is 0 Å². The van der Waals surface area contributed by atoms with Crippen LogP contribution >= 0.6 is 12.6 Å². The molecule has 1 unspecified atom stereocenters. The van der Waals surface area contributed by atoms with Crippen molar-refractivity contribution in [2.45, 2.75) is 93.9 Å². The number of rotatable bonds is 23. The van der Waals surface area contributed by atoms with Crippen molar-refractivity contribution in [2.75, 3.05) is 84.3 Å². The minimum Gasteiger partial charge on any atom is -0.508 e. The molecular weight excluding hydrogens is 837 g/mol. The Kier molecular flexibility index (Phi) is 24.3. The molecule has 0 aromatic heterocycles. The lowest BCUT2D eigenvalue weighted by Crippen LogP contribution is -2.69. The molecule has 1 aromatic carbocycles. The molecule has 63 heavy (non-hydrogen) atoms. The number of phenols is 1. The monoisotopic (exact) mass is 907 g/mol. The van der Waals surface area contributed by atoms with Crippen molar-refractivity contribution in [1.82, 2.24) is 58.5 Å². The third-order valence-corrected chi connectivity index (χ3v) is 11.0. The van der Waals surface area contributed by atoms with E-state index in [1.807, 2.05) is 0 Å². The molecule has 6 amide bonds. The van der Waals surface area contributed by atoms with E-state index in [9.17, 15) is 38.7 Å². The number of primary amides is 1. The Labute approximate surface area is 374 Å². The second kappa shape index (κ2) is 29.0. The highest BCUT2D eigenvalue weighted by molar-refractivity contribution is 7.80. The van der Waals surface area contributed by atoms with Gasteiger partial charge in [0.15, 0.2) is 0 Å². The number of carboxylic acid groups (broad SMARTS) is 1. The predicted octanol–water partition coefficient (Wildman–Crippen LogP) is -3.35. The lowest BCUT2D eigenvalue weighted by atomic mass is 9.97. The number of amides is 6. The summed E-state index contributed by atoms with van der Waals surface area (Å²) in [6, 6.07) is 4.60. The Hall–Kier alpha value is -4.58. The summed E-state index contributed by atoms with van der Waals surface area (Å²) in [5.74, 6) is -2.99. The molecule has 354 valence electrons. The van der Waals surface area contributed by atoms with Crippen molar-refractivity contribution >= 4 is 54.0 Å². The molecule has 0 radical (unpaired) electrons. The van der Waals surface area contributed by atoms with E-state index in [0.29, 0.717) is 97.8 Å². The normalized spacial score (nSPS) is 20.8. The molecule has 21 nitrogen and oxygen atoms in total. The van der Waals surface area contributed by atoms with Crippen molar-refractivity contribution in [3.8, 4) is 5.75 Å². The molecule has 3 rings (SSSR count). The first kappa shape index (κ1) is 52.8. The number of nitrogens with one attached hydrogen (secondary N) is 11. The Morgan fingerprint density at radius 1 is 0.635 bits per heavy atom. The van der Waals surface area contributed by atoms with Gasteiger partial charge in [-0.1, -0.05) is 18.6 Å². The van der Waals surface area contributed by atoms with Gasteiger partial charge in [0.05, 0.1) is 5.54 Å². The van der Waals surface area contributed by atoms with E-state index in [0.717, 1.165) is 5.56 Å². The van der Waals surface area contributed by atoms with Crippen molar-refractivity contribution < 1.29 is 43.8 Å². The highest BCUT2D eigenvalue weighted by Crippen LogP contribution is 2.13. The van der Waals surface area contributed by atoms with Gasteiger partial charge in [-0.3, -0.25) is 38.9 Å². The molecule has 2 atom stereocenters. The minimum atomic E-state index is -0.945. The number of benzene rings is 1. The molecule has 2 fully saturated rings. The standard InChI is InChI=1S/C41H70N12O9S/c42-38(61)32(23-63)51-33(55)6-2-1-3-15-48-39(62)31(22-29-11-13-30(54)14-12-29)50-34(56)7-4-8-35(57)52-40-24-43-16-18-46-27-41(49-21-20-45-26-40,28-47-19-17-44-25-40)53-36(58)9-5-10-37(59)60/h11-14,31-32,43-47,49,54,63H,1-10,15-28H2,(H2,42,61)(H,48,62)(H,50,56)(H,51,55)(H,52,57)(H,53,58)(H,59,60)/t31-,32?,40?,41?/m0/s1. The third-order valence-electron chi connectivity index (χ3n) is 10.6. The van der Waals surface area contributed by atoms with E-state index in [2.05, 4.69) is 71.1 Å². The van der Waals surface area contributed by atoms with Crippen LogP contribution < -0.4 is 64.2 Å². The van der Waals surface area contributed by atoms with Crippen LogP contribution in [0.1, 0.15) is 69.8 Å². The number of thiol groups is 1. The molecule has 0 saturated carbocycles. The Morgan fingerprint density at radius 2 is 1.14 bits per heavy atom. The van der Waals surface area contributed by atoms with Gasteiger partial charge in [-0.05, 0) is 43.4 Å². The van der Waals surface area contributed by atoms with Gasteiger partial charge in [-0.2, -0.15) is 12.6 Å². The number of nitrogens with two attached hydrogens (primary N) is 1. The smallest absolute Gasteiger partial charge is 0.303 e. The first-order valence-corrected chi connectivity index (χ1v) is 22.5. The average Bonchev–Trinajstić information content (AvgIpc) is 3.26. The summed E-state index contributed by atoms with van der Waals surface area (Å²) in [7, 11) is 0. The number of carbonyl (C=O) groups is 7. The van der Waals surface area contributed by atoms with Gasteiger partial charge in [0.2, 0.25) is 35.4 Å². The molecule has 1 aromatic rings. The topological polar surface area (TPSA) is 318 Å². The fourth-order valence-electron chi connectivity index (χ4n) is 7.21. The summed E-state index contributed by atoms with van der Waals surface area (Å²) in [5.41, 5.74) is 4.42. The van der Waals surface area contributed by atoms with Crippen molar-refractivity contribution in [3.63, 3.8) is 0 Å². The number of aliphatic carboxylic acids is 1. The average molecular weight is 907 g/mol. The number of phenolic OH excluding ortho intramolecular Hbond substituents is 1. The summed E-state index contributed by atoms with van der Waals surface area (Å²) in [4.78, 5) is 87.4. The Morgan fingerprint density at radius 3 is 1.71 bits per heavy atom. The summed E-state index contributed by atoms with van der Waals surface area (Å²) >= 11 is 4.02. The molecule has 15 N–H and O–H groups in total. The van der Waals surface area contributed by atoms with Crippen LogP contribution in [0.4, 0.5) is 0 Å². The zero-order valence-corrected chi connectivity index (χ0v) is 37.1. The maximum absolute atomic E-state index is 13.5. The molecule has 2 heterocycles. The van der Waals surface area contributed by atoms with Crippen LogP contribution in [0.15, 0.2) is 24.3 Å². The number of fused-ring (bicyclic) bond motifs is 6. The molecular formula is C41H70N12O9S. The summed E-state index contributed by atoms with van der Waals surface area (Å²) in [6.45, 7) is 5.76. The number of aromatic hydroxyl groups is 1. The van der Waals surface area contributed by atoms with Gasteiger partial charge in [0.1, 0.15) is 23.5 Å². The quantitative estimate of drug-likeness (QED) is 0.0377. The zero-order valence-electron chi connectivity index (χ0n) is 36.2. The Bertz CT molecular complexity index is 1610. The van der Waals surface area contributed by atoms with Gasteiger partial charge in [0, 0.05) is 123 Å². The maximum atomic E-state index is 13.5. The lowest BCUT2D eigenvalue weighted by Gasteiger charge is -2.37. The second-order valence-electron chi connectivity index (χ2n) is 16.2. The SMILES string of the molecule is NC(=O)C(CS)NC(=O)CCCCCNC(=O)[C@H](Cc1ccc(O)cc1)NC(=O)CCCC(=O)NC12CNCCNCC(NC(=O)CCCC(=O)O)(CNCCNC1)NCCNC2. The van der Waals surface area contributed by atoms with Crippen LogP contribution in [0.25, 0.3) is 0 Å². The van der Waals surface area contributed by atoms with Crippen LogP contribution in [-0.4, -0.2) is 159 Å². The molecule has 2 aliphatic rings. The molecule has 2 saturated heterocycles. The molecule has 2 aliphatic heterocycles. The first-order valence-electron chi connectivity index (χ1n) is 21.9. The summed E-state index contributed by atoms with van der Waals surface area (Å²) < 4.78 is 0. The highest BCUT2D eigenvalue weighted by atomic mass is 32.1. The van der Waals surface area contributed by atoms with E-state index in [4.69, 9.17) is 10.8 Å². The number of carboxylic acids is 1. The van der Waals surface area contributed by atoms with E-state index in [-0.39, 0.29) is 80.6 Å². The maximum Gasteiger partial charge on any atom is 0.303 e. The van der Waals surface area contributed by atoms with Gasteiger partial charge < -0.3 is 69.1 Å². The number of unbranched alkanes of at least 4 members (excludes halogenated alkanes) is 2. The third kappa shape index (κ3) is 21.6. The van der Waals surface area contributed by atoms with Crippen LogP contribution in [0.2, 0.25) is 0 Å². The predicted molar refractivity (Wildman–Crippen MR) is 240 cm³/mol. The van der Waals surface area contributed by atoms with Gasteiger partial charge in [-0.15, -0.1) is 0 Å². The largest absolute Gasteiger partial charge is 0.508 e. The van der Waals surface area contributed by atoms with Crippen LogP contribution in [0.3, 0.4) is 0 Å². The second-order valence-corrected chi connectivity index (χ2v) is 16.5. The molecule has 22 heteroatoms. The van der Waals surface area contributed by atoms with E-state index < -0.39 is 47.0 Å². The number of carbonyl (C=O) groups excluding carboxylic acids is 6. The van der Waals surface area contributed by atoms with Gasteiger partial charge in [-0.25, -0.2) is 0 Å². The van der Waals surface area contributed by atoms with Crippen molar-refractivity contribution in [2.24, 2.45) is 5.73 Å². The Balaban J connectivity index is 1.53. The zero-order chi connectivity index (χ0) is 45.9. The van der Waals surface area contributed by atoms with Crippen molar-refractivity contribution in [3.05, 3.63) is 29.8 Å². The van der Waals surface area contributed by atoms with Crippen LogP contribution in [-0.2, 0) is 40.0 Å². The fraction of sp³-hybridized carbons (Fsp3) is 0.683. The number of hydrogen-bond donors (Lipinski definition) is 15. The van der Waals surface area contributed by atoms with E-state index in [1.54, 1.807) is 12.1 Å². The highest BCUT2D eigenvalue weighted by Gasteiger charge is 2.34. The fourth-order valence-corrected chi connectivity index (χ4v) is 7.48. The first-order chi connectivity index (χ1) is 30.2. The molecule has 2 bridgehead atoms. The minimum absolute atomic E-state index is 0.00127. The van der Waals surface area contributed by atoms with Crippen LogP contribution in [0, 0.1) is 0 Å². The molecule has 0 spiro atoms. The number of hydrogen-bond acceptors (Lipinski definition) is 15. The summed E-state index contributed by atoms with van der Waals surface area (Å²) in [5, 5.41) is 54.0. The van der Waals surface area contributed by atoms with E-state index in [1.165, 1.54) is 12.1 Å². The van der Waals surface area contributed by atoms with Crippen LogP contribution in [0.5, 0.6) is 5.75 Å². The lowest BCUT2D eigenvalue weighted by molar-refractivity contribution is -0.137. The van der Waals surface area contributed by atoms with Crippen molar-refractivity contribution in [1.29, 1.82) is 0 Å².